The average Bonchev–Trinajstić information content (AvgIpc) is 3.24. The van der Waals surface area contributed by atoms with E-state index in [4.69, 9.17) is 8.94 Å². The van der Waals surface area contributed by atoms with Gasteiger partial charge in [0.15, 0.2) is 11.2 Å². The van der Waals surface area contributed by atoms with Crippen LogP contribution < -0.4 is 10.3 Å². The van der Waals surface area contributed by atoms with Gasteiger partial charge in [0.1, 0.15) is 17.2 Å². The summed E-state index contributed by atoms with van der Waals surface area (Å²) in [5.41, 5.74) is 1.09. The van der Waals surface area contributed by atoms with Gasteiger partial charge in [0, 0.05) is 11.6 Å². The van der Waals surface area contributed by atoms with Crippen LogP contribution in [0.2, 0.25) is 0 Å². The lowest BCUT2D eigenvalue weighted by molar-refractivity contribution is 0.0969. The fourth-order valence-corrected chi connectivity index (χ4v) is 3.78. The van der Waals surface area contributed by atoms with Gasteiger partial charge in [0.25, 0.3) is 5.91 Å². The van der Waals surface area contributed by atoms with Gasteiger partial charge in [-0.2, -0.15) is 0 Å². The zero-order valence-electron chi connectivity index (χ0n) is 15.6. The summed E-state index contributed by atoms with van der Waals surface area (Å²) in [5.74, 6) is -0.545. The Morgan fingerprint density at radius 3 is 2.59 bits per heavy atom. The smallest absolute Gasteiger partial charge is 0.296 e. The molecule has 144 valence electrons. The number of amides is 1. The van der Waals surface area contributed by atoms with Crippen LogP contribution >= 0.6 is 0 Å². The number of nitrogens with zero attached hydrogens (tertiary/aromatic N) is 2. The number of anilines is 1. The van der Waals surface area contributed by atoms with Gasteiger partial charge in [-0.15, -0.1) is 0 Å². The summed E-state index contributed by atoms with van der Waals surface area (Å²) < 4.78 is 25.7. The van der Waals surface area contributed by atoms with E-state index in [1.165, 1.54) is 11.0 Å². The standard InChI is InChI=1S/C22H15FN2O4/c1-11-7-8-16-14(9-11)20(26)18-19(13-5-3-4-6-15(13)23)25(22(27)21(18)28-16)17-10-12(2)29-24-17/h3-10,19H,1-2H3. The van der Waals surface area contributed by atoms with E-state index in [0.717, 1.165) is 5.56 Å². The largest absolute Gasteiger partial charge is 0.450 e. The van der Waals surface area contributed by atoms with E-state index in [1.54, 1.807) is 49.4 Å². The van der Waals surface area contributed by atoms with E-state index < -0.39 is 17.8 Å². The Morgan fingerprint density at radius 1 is 1.07 bits per heavy atom. The fraction of sp³-hybridized carbons (Fsp3) is 0.136. The predicted octanol–water partition coefficient (Wildman–Crippen LogP) is 4.29. The Bertz CT molecular complexity index is 1350. The van der Waals surface area contributed by atoms with Crippen LogP contribution in [0.15, 0.2) is 62.3 Å². The molecule has 1 atom stereocenters. The number of halogens is 1. The molecule has 0 aliphatic carbocycles. The predicted molar refractivity (Wildman–Crippen MR) is 104 cm³/mol. The molecule has 0 saturated heterocycles. The van der Waals surface area contributed by atoms with Crippen molar-refractivity contribution in [1.82, 2.24) is 5.16 Å². The second-order valence-corrected chi connectivity index (χ2v) is 7.07. The first-order valence-electron chi connectivity index (χ1n) is 9.04. The average molecular weight is 390 g/mol. The minimum atomic E-state index is -1.01. The van der Waals surface area contributed by atoms with Gasteiger partial charge in [-0.25, -0.2) is 4.39 Å². The maximum Gasteiger partial charge on any atom is 0.296 e. The number of benzene rings is 2. The van der Waals surface area contributed by atoms with E-state index in [1.807, 2.05) is 6.92 Å². The van der Waals surface area contributed by atoms with Crippen molar-refractivity contribution in [2.75, 3.05) is 4.90 Å². The number of aryl methyl sites for hydroxylation is 2. The van der Waals surface area contributed by atoms with Gasteiger partial charge in [-0.1, -0.05) is 35.0 Å². The summed E-state index contributed by atoms with van der Waals surface area (Å²) in [6.07, 6.45) is 0. The van der Waals surface area contributed by atoms with Crippen molar-refractivity contribution in [2.45, 2.75) is 19.9 Å². The Balaban J connectivity index is 1.86. The highest BCUT2D eigenvalue weighted by Crippen LogP contribution is 2.41. The molecule has 0 fully saturated rings. The van der Waals surface area contributed by atoms with E-state index >= 15 is 0 Å². The van der Waals surface area contributed by atoms with Crippen molar-refractivity contribution in [3.8, 4) is 0 Å². The highest BCUT2D eigenvalue weighted by Gasteiger charge is 2.45. The van der Waals surface area contributed by atoms with E-state index in [9.17, 15) is 14.0 Å². The molecule has 1 aliphatic heterocycles. The van der Waals surface area contributed by atoms with Gasteiger partial charge in [-0.05, 0) is 32.0 Å². The maximum atomic E-state index is 14.8. The minimum absolute atomic E-state index is 0.0962. The summed E-state index contributed by atoms with van der Waals surface area (Å²) >= 11 is 0. The van der Waals surface area contributed by atoms with Crippen molar-refractivity contribution < 1.29 is 18.1 Å². The summed E-state index contributed by atoms with van der Waals surface area (Å²) in [7, 11) is 0. The van der Waals surface area contributed by atoms with Crippen molar-refractivity contribution in [3.05, 3.63) is 92.8 Å². The summed E-state index contributed by atoms with van der Waals surface area (Å²) in [5, 5.41) is 4.26. The summed E-state index contributed by atoms with van der Waals surface area (Å²) in [4.78, 5) is 27.9. The lowest BCUT2D eigenvalue weighted by Gasteiger charge is -2.22. The third kappa shape index (κ3) is 2.51. The van der Waals surface area contributed by atoms with Gasteiger partial charge in [-0.3, -0.25) is 14.5 Å². The first-order valence-corrected chi connectivity index (χ1v) is 9.04. The first kappa shape index (κ1) is 17.4. The SMILES string of the molecule is Cc1ccc2oc3c(c(=O)c2c1)C(c1ccccc1F)N(c1cc(C)on1)C3=O. The Morgan fingerprint density at radius 2 is 1.86 bits per heavy atom. The van der Waals surface area contributed by atoms with Gasteiger partial charge in [0.05, 0.1) is 17.0 Å². The molecular formula is C22H15FN2O4. The zero-order chi connectivity index (χ0) is 20.3. The monoisotopic (exact) mass is 390 g/mol. The van der Waals surface area contributed by atoms with E-state index in [2.05, 4.69) is 5.16 Å². The number of fused-ring (bicyclic) bond motifs is 2. The Hall–Kier alpha value is -3.74. The second kappa shape index (κ2) is 6.13. The van der Waals surface area contributed by atoms with Crippen LogP contribution in [-0.4, -0.2) is 11.1 Å². The van der Waals surface area contributed by atoms with Crippen LogP contribution in [0, 0.1) is 19.7 Å². The Kier molecular flexibility index (Phi) is 3.67. The highest BCUT2D eigenvalue weighted by molar-refractivity contribution is 6.10. The molecule has 5 rings (SSSR count). The molecular weight excluding hydrogens is 375 g/mol. The molecule has 1 unspecified atom stereocenters. The lowest BCUT2D eigenvalue weighted by Crippen LogP contribution is -2.30. The number of carbonyl (C=O) groups excluding carboxylic acids is 1. The molecule has 6 nitrogen and oxygen atoms in total. The van der Waals surface area contributed by atoms with Gasteiger partial charge >= 0.3 is 0 Å². The summed E-state index contributed by atoms with van der Waals surface area (Å²) in [6.45, 7) is 3.54. The molecule has 3 heterocycles. The second-order valence-electron chi connectivity index (χ2n) is 7.07. The van der Waals surface area contributed by atoms with Crippen LogP contribution in [0.4, 0.5) is 10.2 Å². The highest BCUT2D eigenvalue weighted by atomic mass is 19.1. The lowest BCUT2D eigenvalue weighted by atomic mass is 9.97. The molecule has 0 spiro atoms. The molecule has 1 amide bonds. The molecule has 7 heteroatoms. The molecule has 29 heavy (non-hydrogen) atoms. The number of carbonyl (C=O) groups is 1. The Labute approximate surface area is 164 Å². The quantitative estimate of drug-likeness (QED) is 0.510. The topological polar surface area (TPSA) is 76.6 Å². The van der Waals surface area contributed by atoms with Crippen LogP contribution in [-0.2, 0) is 0 Å². The number of hydrogen-bond acceptors (Lipinski definition) is 5. The van der Waals surface area contributed by atoms with Crippen molar-refractivity contribution >= 4 is 22.7 Å². The molecule has 0 bridgehead atoms. The normalized spacial score (nSPS) is 15.9. The van der Waals surface area contributed by atoms with E-state index in [0.29, 0.717) is 16.7 Å². The van der Waals surface area contributed by atoms with Crippen molar-refractivity contribution in [2.24, 2.45) is 0 Å². The van der Waals surface area contributed by atoms with Crippen LogP contribution in [0.1, 0.15) is 39.0 Å². The number of hydrogen-bond donors (Lipinski definition) is 0. The molecule has 0 radical (unpaired) electrons. The summed E-state index contributed by atoms with van der Waals surface area (Å²) in [6, 6.07) is 11.7. The van der Waals surface area contributed by atoms with Gasteiger partial charge in [0.2, 0.25) is 5.76 Å². The molecule has 2 aromatic heterocycles. The van der Waals surface area contributed by atoms with E-state index in [-0.39, 0.29) is 28.1 Å². The molecule has 0 N–H and O–H groups in total. The molecule has 1 aliphatic rings. The maximum absolute atomic E-state index is 14.8. The zero-order valence-corrected chi connectivity index (χ0v) is 15.6. The van der Waals surface area contributed by atoms with Crippen molar-refractivity contribution in [3.63, 3.8) is 0 Å². The van der Waals surface area contributed by atoms with Crippen LogP contribution in [0.5, 0.6) is 0 Å². The third-order valence-corrected chi connectivity index (χ3v) is 5.09. The van der Waals surface area contributed by atoms with Gasteiger partial charge < -0.3 is 8.94 Å². The van der Waals surface area contributed by atoms with Crippen molar-refractivity contribution in [1.29, 1.82) is 0 Å². The van der Waals surface area contributed by atoms with Crippen LogP contribution in [0.25, 0.3) is 11.0 Å². The fourth-order valence-electron chi connectivity index (χ4n) is 3.78. The molecule has 4 aromatic rings. The minimum Gasteiger partial charge on any atom is -0.450 e. The molecule has 2 aromatic carbocycles. The number of aromatic nitrogens is 1. The number of rotatable bonds is 2. The third-order valence-electron chi connectivity index (χ3n) is 5.09. The van der Waals surface area contributed by atoms with Crippen LogP contribution in [0.3, 0.4) is 0 Å². The molecule has 0 saturated carbocycles. The first-order chi connectivity index (χ1) is 14.0.